The second kappa shape index (κ2) is 10.3. The average molecular weight is 556 g/mol. The molecule has 0 amide bonds. The van der Waals surface area contributed by atoms with E-state index in [0.29, 0.717) is 11.4 Å². The molecule has 5 aromatic carbocycles. The Labute approximate surface area is 252 Å². The fourth-order valence-corrected chi connectivity index (χ4v) is 6.97. The second-order valence-electron chi connectivity index (χ2n) is 11.9. The Bertz CT molecular complexity index is 2180. The second-order valence-corrected chi connectivity index (χ2v) is 11.9. The molecule has 0 saturated heterocycles. The first-order chi connectivity index (χ1) is 20.9. The first-order valence-electron chi connectivity index (χ1n) is 15.0. The molecule has 0 radical (unpaired) electrons. The molecular weight excluding hydrogens is 522 g/mol. The van der Waals surface area contributed by atoms with Gasteiger partial charge >= 0.3 is 0 Å². The fraction of sp³-hybridized carbons (Fsp3) is 0.150. The maximum atomic E-state index is 9.53. The number of allylic oxidation sites excluding steroid dienone is 2. The number of rotatable bonds is 6. The molecule has 1 heterocycles. The Morgan fingerprint density at radius 2 is 1.49 bits per heavy atom. The molecule has 0 bridgehead atoms. The standard InChI is InChI=1S/C40H33N3/c1-5-12-33-31-15-8-10-17-35(31)40(3,4)38(33)39(28-21-19-27(25-41)20-22-28)42-26(2)43-36-18-11-9-16-32(36)34-23-29-13-6-7-14-30(29)24-37(34)43/h6-11,13-24H,2,5,12H2,1,3-4H3. The SMILES string of the molecule is C=C(N=C(C1=C(CCC)c2ccccc2C1(C)C)c1ccc(C#N)cc1)n1c2ccccc2c2cc3ccccc3cc21. The minimum absolute atomic E-state index is 0.259. The molecule has 0 N–H and O–H groups in total. The monoisotopic (exact) mass is 555 g/mol. The minimum atomic E-state index is -0.259. The van der Waals surface area contributed by atoms with E-state index in [-0.39, 0.29) is 5.41 Å². The third-order valence-corrected chi connectivity index (χ3v) is 8.92. The van der Waals surface area contributed by atoms with Crippen molar-refractivity contribution in [2.45, 2.75) is 39.0 Å². The Hall–Kier alpha value is -5.20. The summed E-state index contributed by atoms with van der Waals surface area (Å²) in [4.78, 5) is 5.46. The van der Waals surface area contributed by atoms with Crippen molar-refractivity contribution in [3.05, 3.63) is 144 Å². The molecule has 43 heavy (non-hydrogen) atoms. The van der Waals surface area contributed by atoms with Crippen molar-refractivity contribution in [3.63, 3.8) is 0 Å². The van der Waals surface area contributed by atoms with E-state index < -0.39 is 0 Å². The van der Waals surface area contributed by atoms with E-state index in [4.69, 9.17) is 4.99 Å². The van der Waals surface area contributed by atoms with E-state index in [1.807, 2.05) is 24.3 Å². The Kier molecular flexibility index (Phi) is 6.37. The number of aromatic nitrogens is 1. The first kappa shape index (κ1) is 26.7. The number of nitrogens with zero attached hydrogens (tertiary/aromatic N) is 3. The van der Waals surface area contributed by atoms with Crippen LogP contribution < -0.4 is 0 Å². The van der Waals surface area contributed by atoms with Gasteiger partial charge in [0.1, 0.15) is 5.82 Å². The number of nitriles is 1. The summed E-state index contributed by atoms with van der Waals surface area (Å²) in [5.41, 5.74) is 9.63. The molecule has 1 aliphatic carbocycles. The van der Waals surface area contributed by atoms with Crippen LogP contribution in [-0.2, 0) is 5.41 Å². The molecule has 0 unspecified atom stereocenters. The molecule has 3 nitrogen and oxygen atoms in total. The van der Waals surface area contributed by atoms with Crippen molar-refractivity contribution < 1.29 is 0 Å². The van der Waals surface area contributed by atoms with Gasteiger partial charge in [-0.1, -0.05) is 113 Å². The zero-order chi connectivity index (χ0) is 29.7. The van der Waals surface area contributed by atoms with Gasteiger partial charge in [0.2, 0.25) is 0 Å². The smallest absolute Gasteiger partial charge is 0.131 e. The Balaban J connectivity index is 1.52. The zero-order valence-electron chi connectivity index (χ0n) is 24.9. The highest BCUT2D eigenvalue weighted by atomic mass is 15.1. The molecule has 1 aliphatic rings. The van der Waals surface area contributed by atoms with Crippen molar-refractivity contribution in [1.29, 1.82) is 5.26 Å². The van der Waals surface area contributed by atoms with Crippen molar-refractivity contribution in [1.82, 2.24) is 4.57 Å². The van der Waals surface area contributed by atoms with Gasteiger partial charge < -0.3 is 0 Å². The van der Waals surface area contributed by atoms with Crippen LogP contribution in [0.15, 0.2) is 126 Å². The molecule has 0 saturated carbocycles. The van der Waals surface area contributed by atoms with Gasteiger partial charge in [-0.15, -0.1) is 0 Å². The lowest BCUT2D eigenvalue weighted by Gasteiger charge is -2.27. The van der Waals surface area contributed by atoms with Crippen LogP contribution in [0.5, 0.6) is 0 Å². The van der Waals surface area contributed by atoms with E-state index in [9.17, 15) is 5.26 Å². The van der Waals surface area contributed by atoms with Crippen molar-refractivity contribution >= 4 is 49.7 Å². The summed E-state index contributed by atoms with van der Waals surface area (Å²) in [5, 5.41) is 14.3. The van der Waals surface area contributed by atoms with E-state index in [1.54, 1.807) is 0 Å². The molecule has 0 fully saturated rings. The summed E-state index contributed by atoms with van der Waals surface area (Å²) >= 11 is 0. The average Bonchev–Trinajstić information content (AvgIpc) is 3.47. The fourth-order valence-electron chi connectivity index (χ4n) is 6.97. The third kappa shape index (κ3) is 4.22. The molecular formula is C40H33N3. The highest BCUT2D eigenvalue weighted by Gasteiger charge is 2.40. The molecule has 0 atom stereocenters. The highest BCUT2D eigenvalue weighted by molar-refractivity contribution is 6.21. The Morgan fingerprint density at radius 3 is 2.23 bits per heavy atom. The molecule has 3 heteroatoms. The minimum Gasteiger partial charge on any atom is -0.294 e. The van der Waals surface area contributed by atoms with Crippen LogP contribution >= 0.6 is 0 Å². The number of benzene rings is 5. The Morgan fingerprint density at radius 1 is 0.814 bits per heavy atom. The van der Waals surface area contributed by atoms with E-state index in [0.717, 1.165) is 35.2 Å². The van der Waals surface area contributed by atoms with E-state index in [1.165, 1.54) is 43.8 Å². The summed E-state index contributed by atoms with van der Waals surface area (Å²) in [6.07, 6.45) is 1.99. The number of fused-ring (bicyclic) bond motifs is 5. The van der Waals surface area contributed by atoms with Gasteiger partial charge in [0.15, 0.2) is 0 Å². The maximum absolute atomic E-state index is 9.53. The molecule has 1 aromatic heterocycles. The normalized spacial score (nSPS) is 14.4. The van der Waals surface area contributed by atoms with E-state index >= 15 is 0 Å². The van der Waals surface area contributed by atoms with Gasteiger partial charge in [-0.05, 0) is 69.8 Å². The summed E-state index contributed by atoms with van der Waals surface area (Å²) < 4.78 is 2.20. The predicted octanol–water partition coefficient (Wildman–Crippen LogP) is 10.3. The van der Waals surface area contributed by atoms with Crippen LogP contribution in [0.1, 0.15) is 55.9 Å². The molecule has 7 rings (SSSR count). The van der Waals surface area contributed by atoms with Crippen molar-refractivity contribution in [2.24, 2.45) is 4.99 Å². The number of hydrogen-bond donors (Lipinski definition) is 0. The van der Waals surface area contributed by atoms with Gasteiger partial charge in [0, 0.05) is 21.8 Å². The zero-order valence-corrected chi connectivity index (χ0v) is 24.9. The van der Waals surface area contributed by atoms with Crippen molar-refractivity contribution in [3.8, 4) is 6.07 Å². The van der Waals surface area contributed by atoms with Crippen LogP contribution in [0.2, 0.25) is 0 Å². The van der Waals surface area contributed by atoms with Crippen LogP contribution in [0.3, 0.4) is 0 Å². The number of aliphatic imine (C=N–C) groups is 1. The summed E-state index contributed by atoms with van der Waals surface area (Å²) in [6.45, 7) is 11.5. The molecule has 208 valence electrons. The van der Waals surface area contributed by atoms with E-state index in [2.05, 4.69) is 123 Å². The summed E-state index contributed by atoms with van der Waals surface area (Å²) in [5.74, 6) is 0.663. The molecule has 0 aliphatic heterocycles. The van der Waals surface area contributed by atoms with Gasteiger partial charge in [0.25, 0.3) is 0 Å². The lowest BCUT2D eigenvalue weighted by Crippen LogP contribution is -2.24. The van der Waals surface area contributed by atoms with Crippen LogP contribution in [0.25, 0.3) is 44.0 Å². The summed E-state index contributed by atoms with van der Waals surface area (Å²) in [7, 11) is 0. The quantitative estimate of drug-likeness (QED) is 0.189. The lowest BCUT2D eigenvalue weighted by molar-refractivity contribution is 0.661. The molecule has 6 aromatic rings. The van der Waals surface area contributed by atoms with Gasteiger partial charge in [-0.3, -0.25) is 4.57 Å². The highest BCUT2D eigenvalue weighted by Crippen LogP contribution is 2.49. The maximum Gasteiger partial charge on any atom is 0.131 e. The predicted molar refractivity (Wildman–Crippen MR) is 181 cm³/mol. The molecule has 0 spiro atoms. The van der Waals surface area contributed by atoms with Gasteiger partial charge in [-0.2, -0.15) is 5.26 Å². The largest absolute Gasteiger partial charge is 0.294 e. The van der Waals surface area contributed by atoms with Crippen LogP contribution in [-0.4, -0.2) is 10.3 Å². The van der Waals surface area contributed by atoms with Gasteiger partial charge in [0.05, 0.1) is 28.4 Å². The van der Waals surface area contributed by atoms with Crippen molar-refractivity contribution in [2.75, 3.05) is 0 Å². The first-order valence-corrected chi connectivity index (χ1v) is 15.0. The number of hydrogen-bond acceptors (Lipinski definition) is 2. The number of para-hydroxylation sites is 1. The lowest BCUT2D eigenvalue weighted by atomic mass is 9.77. The van der Waals surface area contributed by atoms with Crippen LogP contribution in [0.4, 0.5) is 0 Å². The van der Waals surface area contributed by atoms with Gasteiger partial charge in [-0.25, -0.2) is 4.99 Å². The third-order valence-electron chi connectivity index (χ3n) is 8.92. The summed E-state index contributed by atoms with van der Waals surface area (Å²) in [6, 6.07) is 40.4. The topological polar surface area (TPSA) is 41.1 Å². The van der Waals surface area contributed by atoms with Crippen LogP contribution in [0, 0.1) is 11.3 Å².